The average Bonchev–Trinajstić information content (AvgIpc) is 3.42. The number of aromatic nitrogens is 4. The first-order valence-corrected chi connectivity index (χ1v) is 11.1. The van der Waals surface area contributed by atoms with Gasteiger partial charge in [-0.2, -0.15) is 4.98 Å². The minimum Gasteiger partial charge on any atom is -0.478 e. The van der Waals surface area contributed by atoms with Crippen LogP contribution in [0.4, 0.5) is 5.95 Å². The number of nitrogens with two attached hydrogens (primary N) is 1. The van der Waals surface area contributed by atoms with E-state index in [4.69, 9.17) is 10.3 Å². The third-order valence-electron chi connectivity index (χ3n) is 5.58. The Balaban J connectivity index is 1.79. The molecule has 0 aliphatic carbocycles. The SMILES string of the molecule is Cc1noc(-c2cccc3nc(NC(=O)c4cccc(C(=O)O)c4)n([C@@H](C)CCCCN)c23)n1. The molecule has 176 valence electrons. The van der Waals surface area contributed by atoms with Crippen LogP contribution in [0.1, 0.15) is 58.8 Å². The van der Waals surface area contributed by atoms with Crippen LogP contribution in [0.5, 0.6) is 0 Å². The van der Waals surface area contributed by atoms with E-state index in [0.717, 1.165) is 24.8 Å². The van der Waals surface area contributed by atoms with Gasteiger partial charge in [-0.3, -0.25) is 10.1 Å². The first-order chi connectivity index (χ1) is 16.4. The van der Waals surface area contributed by atoms with Gasteiger partial charge in [-0.1, -0.05) is 23.7 Å². The van der Waals surface area contributed by atoms with Gasteiger partial charge in [-0.05, 0) is 63.6 Å². The van der Waals surface area contributed by atoms with Crippen LogP contribution < -0.4 is 11.1 Å². The summed E-state index contributed by atoms with van der Waals surface area (Å²) in [5, 5.41) is 16.0. The molecule has 2 aromatic carbocycles. The molecule has 0 aliphatic heterocycles. The van der Waals surface area contributed by atoms with Gasteiger partial charge in [-0.15, -0.1) is 0 Å². The van der Waals surface area contributed by atoms with E-state index in [1.165, 1.54) is 18.2 Å². The van der Waals surface area contributed by atoms with Gasteiger partial charge in [-0.25, -0.2) is 9.78 Å². The molecule has 0 bridgehead atoms. The maximum atomic E-state index is 13.0. The number of rotatable bonds is 9. The quantitative estimate of drug-likeness (QED) is 0.316. The molecule has 1 atom stereocenters. The highest BCUT2D eigenvalue weighted by Crippen LogP contribution is 2.34. The predicted molar refractivity (Wildman–Crippen MR) is 127 cm³/mol. The van der Waals surface area contributed by atoms with Gasteiger partial charge in [0.2, 0.25) is 5.95 Å². The first-order valence-electron chi connectivity index (χ1n) is 11.1. The molecule has 0 fully saturated rings. The number of hydrogen-bond acceptors (Lipinski definition) is 7. The van der Waals surface area contributed by atoms with Crippen LogP contribution in [0.15, 0.2) is 47.0 Å². The van der Waals surface area contributed by atoms with E-state index in [1.54, 1.807) is 13.0 Å². The van der Waals surface area contributed by atoms with E-state index in [2.05, 4.69) is 20.4 Å². The van der Waals surface area contributed by atoms with Crippen molar-refractivity contribution in [2.45, 2.75) is 39.2 Å². The number of hydrogen-bond donors (Lipinski definition) is 3. The zero-order chi connectivity index (χ0) is 24.2. The van der Waals surface area contributed by atoms with Gasteiger partial charge in [0.05, 0.1) is 22.2 Å². The number of unbranched alkanes of at least 4 members (excludes halogenated alkanes) is 1. The molecule has 0 spiro atoms. The lowest BCUT2D eigenvalue weighted by molar-refractivity contribution is 0.0697. The van der Waals surface area contributed by atoms with Crippen molar-refractivity contribution in [1.29, 1.82) is 0 Å². The molecule has 0 saturated carbocycles. The Labute approximate surface area is 195 Å². The summed E-state index contributed by atoms with van der Waals surface area (Å²) in [4.78, 5) is 33.4. The number of para-hydroxylation sites is 1. The molecular formula is C24H26N6O4. The Morgan fingerprint density at radius 1 is 1.15 bits per heavy atom. The molecule has 0 aliphatic rings. The van der Waals surface area contributed by atoms with Crippen molar-refractivity contribution < 1.29 is 19.2 Å². The van der Waals surface area contributed by atoms with E-state index >= 15 is 0 Å². The maximum Gasteiger partial charge on any atom is 0.335 e. The number of aryl methyl sites for hydroxylation is 1. The summed E-state index contributed by atoms with van der Waals surface area (Å²) < 4.78 is 7.38. The number of carboxylic acid groups (broad SMARTS) is 1. The van der Waals surface area contributed by atoms with Crippen LogP contribution in [0.2, 0.25) is 0 Å². The second-order valence-corrected chi connectivity index (χ2v) is 8.10. The van der Waals surface area contributed by atoms with E-state index < -0.39 is 11.9 Å². The van der Waals surface area contributed by atoms with Gasteiger partial charge in [0, 0.05) is 11.6 Å². The average molecular weight is 463 g/mol. The van der Waals surface area contributed by atoms with Crippen LogP contribution >= 0.6 is 0 Å². The van der Waals surface area contributed by atoms with Crippen molar-refractivity contribution in [3.63, 3.8) is 0 Å². The highest BCUT2D eigenvalue weighted by molar-refractivity contribution is 6.06. The highest BCUT2D eigenvalue weighted by atomic mass is 16.5. The molecule has 0 saturated heterocycles. The molecule has 0 radical (unpaired) electrons. The molecule has 10 heteroatoms. The third kappa shape index (κ3) is 4.67. The Morgan fingerprint density at radius 3 is 2.62 bits per heavy atom. The van der Waals surface area contributed by atoms with E-state index in [1.807, 2.05) is 29.7 Å². The van der Waals surface area contributed by atoms with Crippen LogP contribution in [-0.2, 0) is 0 Å². The normalized spacial score (nSPS) is 12.1. The van der Waals surface area contributed by atoms with Crippen molar-refractivity contribution in [2.75, 3.05) is 11.9 Å². The van der Waals surface area contributed by atoms with Gasteiger partial charge >= 0.3 is 5.97 Å². The topological polar surface area (TPSA) is 149 Å². The number of carbonyl (C=O) groups is 2. The highest BCUT2D eigenvalue weighted by Gasteiger charge is 2.23. The third-order valence-corrected chi connectivity index (χ3v) is 5.58. The number of carboxylic acids is 1. The molecule has 10 nitrogen and oxygen atoms in total. The largest absolute Gasteiger partial charge is 0.478 e. The Hall–Kier alpha value is -4.05. The minimum absolute atomic E-state index is 0.0256. The smallest absolute Gasteiger partial charge is 0.335 e. The first kappa shape index (κ1) is 23.1. The van der Waals surface area contributed by atoms with Crippen molar-refractivity contribution in [3.05, 3.63) is 59.4 Å². The number of nitrogens with zero attached hydrogens (tertiary/aromatic N) is 4. The van der Waals surface area contributed by atoms with Gasteiger partial charge in [0.25, 0.3) is 11.8 Å². The number of carbonyl (C=O) groups excluding carboxylic acids is 1. The summed E-state index contributed by atoms with van der Waals surface area (Å²) in [5.41, 5.74) is 8.07. The van der Waals surface area contributed by atoms with Crippen LogP contribution in [0.3, 0.4) is 0 Å². The fourth-order valence-electron chi connectivity index (χ4n) is 3.93. The summed E-state index contributed by atoms with van der Waals surface area (Å²) >= 11 is 0. The maximum absolute atomic E-state index is 13.0. The molecule has 4 rings (SSSR count). The zero-order valence-corrected chi connectivity index (χ0v) is 19.0. The Kier molecular flexibility index (Phi) is 6.69. The molecule has 34 heavy (non-hydrogen) atoms. The summed E-state index contributed by atoms with van der Waals surface area (Å²) in [6, 6.07) is 11.4. The van der Waals surface area contributed by atoms with Crippen molar-refractivity contribution in [1.82, 2.24) is 19.7 Å². The monoisotopic (exact) mass is 462 g/mol. The molecule has 2 aromatic heterocycles. The van der Waals surface area contributed by atoms with Crippen molar-refractivity contribution in [2.24, 2.45) is 5.73 Å². The number of aromatic carboxylic acids is 1. The molecule has 2 heterocycles. The zero-order valence-electron chi connectivity index (χ0n) is 19.0. The lowest BCUT2D eigenvalue weighted by atomic mass is 10.1. The van der Waals surface area contributed by atoms with Crippen molar-refractivity contribution in [3.8, 4) is 11.5 Å². The molecule has 4 aromatic rings. The number of fused-ring (bicyclic) bond motifs is 1. The van der Waals surface area contributed by atoms with Crippen molar-refractivity contribution >= 4 is 28.9 Å². The fourth-order valence-corrected chi connectivity index (χ4v) is 3.93. The summed E-state index contributed by atoms with van der Waals surface area (Å²) in [7, 11) is 0. The lowest BCUT2D eigenvalue weighted by Crippen LogP contribution is -2.18. The predicted octanol–water partition coefficient (Wildman–Crippen LogP) is 4.04. The minimum atomic E-state index is -1.10. The summed E-state index contributed by atoms with van der Waals surface area (Å²) in [5.74, 6) is -0.324. The lowest BCUT2D eigenvalue weighted by Gasteiger charge is -2.18. The fraction of sp³-hybridized carbons (Fsp3) is 0.292. The van der Waals surface area contributed by atoms with E-state index in [-0.39, 0.29) is 17.2 Å². The summed E-state index contributed by atoms with van der Waals surface area (Å²) in [6.45, 7) is 4.40. The molecule has 1 amide bonds. The van der Waals surface area contributed by atoms with Gasteiger partial charge in [0.1, 0.15) is 0 Å². The molecule has 4 N–H and O–H groups in total. The number of imidazole rings is 1. The van der Waals surface area contributed by atoms with E-state index in [9.17, 15) is 14.7 Å². The molecular weight excluding hydrogens is 436 g/mol. The Morgan fingerprint density at radius 2 is 1.91 bits per heavy atom. The van der Waals surface area contributed by atoms with Crippen LogP contribution in [0, 0.1) is 6.92 Å². The van der Waals surface area contributed by atoms with E-state index in [0.29, 0.717) is 35.3 Å². The number of nitrogens with one attached hydrogen (secondary N) is 1. The summed E-state index contributed by atoms with van der Waals surface area (Å²) in [6.07, 6.45) is 2.61. The molecule has 0 unspecified atom stereocenters. The van der Waals surface area contributed by atoms with Gasteiger partial charge < -0.3 is 19.9 Å². The second-order valence-electron chi connectivity index (χ2n) is 8.10. The van der Waals surface area contributed by atoms with Gasteiger partial charge in [0.15, 0.2) is 5.82 Å². The van der Waals surface area contributed by atoms with Crippen LogP contribution in [-0.4, -0.2) is 43.2 Å². The number of anilines is 1. The Bertz CT molecular complexity index is 1340. The second kappa shape index (κ2) is 9.84. The number of benzene rings is 2. The number of amides is 1. The standard InChI is InChI=1S/C24H26N6O4/c1-14(7-3-4-12-25)30-20-18(22-26-15(2)29-34-22)10-6-11-19(20)27-24(30)28-21(31)16-8-5-9-17(13-16)23(32)33/h5-6,8-11,13-14H,3-4,7,12,25H2,1-2H3,(H,32,33)(H,27,28,31)/t14-/m0/s1. The van der Waals surface area contributed by atoms with Crippen LogP contribution in [0.25, 0.3) is 22.5 Å².